The zero-order valence-corrected chi connectivity index (χ0v) is 13.0. The maximum atomic E-state index is 12.5. The third-order valence-electron chi connectivity index (χ3n) is 4.20. The molecule has 3 amide bonds. The quantitative estimate of drug-likeness (QED) is 0.761. The van der Waals surface area contributed by atoms with Gasteiger partial charge in [-0.2, -0.15) is 4.98 Å². The average Bonchev–Trinajstić information content (AvgIpc) is 3.34. The Bertz CT molecular complexity index is 610. The number of nitrogens with zero attached hydrogens (tertiary/aromatic N) is 4. The Balaban J connectivity index is 1.60. The average molecular weight is 320 g/mol. The molecule has 1 saturated carbocycles. The summed E-state index contributed by atoms with van der Waals surface area (Å²) in [5.74, 6) is 1.05. The lowest BCUT2D eigenvalue weighted by Gasteiger charge is -2.36. The molecular formula is C14H20N6O3. The summed E-state index contributed by atoms with van der Waals surface area (Å²) in [7, 11) is 1.56. The molecule has 2 aliphatic rings. The lowest BCUT2D eigenvalue weighted by Crippen LogP contribution is -2.57. The fourth-order valence-corrected chi connectivity index (χ4v) is 2.76. The number of primary amides is 1. The first-order valence-electron chi connectivity index (χ1n) is 7.53. The number of nitrogens with two attached hydrogens (primary N) is 1. The molecule has 2 heterocycles. The van der Waals surface area contributed by atoms with Crippen LogP contribution in [-0.4, -0.2) is 65.6 Å². The van der Waals surface area contributed by atoms with Gasteiger partial charge in [0.05, 0.1) is 7.11 Å². The minimum Gasteiger partial charge on any atom is -0.481 e. The molecule has 124 valence electrons. The van der Waals surface area contributed by atoms with Crippen LogP contribution in [0.25, 0.3) is 0 Å². The second-order valence-electron chi connectivity index (χ2n) is 5.75. The topological polar surface area (TPSA) is 114 Å². The van der Waals surface area contributed by atoms with Crippen LogP contribution >= 0.6 is 0 Å². The number of carbonyl (C=O) groups is 2. The van der Waals surface area contributed by atoms with Crippen LogP contribution < -0.4 is 20.7 Å². The number of piperazine rings is 1. The van der Waals surface area contributed by atoms with Crippen LogP contribution in [-0.2, 0) is 4.79 Å². The largest absolute Gasteiger partial charge is 0.481 e. The molecule has 0 spiro atoms. The monoisotopic (exact) mass is 320 g/mol. The summed E-state index contributed by atoms with van der Waals surface area (Å²) < 4.78 is 5.10. The standard InChI is InChI=1S/C14H20N6O3/c1-23-10-2-5-16-13(17-10)20-8-6-19(7-9-20)11(21)14(3-4-14)18-12(15)22/h2,5H,3-4,6-9H2,1H3,(H3,15,18,22). The Morgan fingerprint density at radius 3 is 2.57 bits per heavy atom. The van der Waals surface area contributed by atoms with E-state index in [0.717, 1.165) is 0 Å². The second-order valence-corrected chi connectivity index (χ2v) is 5.75. The van der Waals surface area contributed by atoms with Gasteiger partial charge in [-0.1, -0.05) is 0 Å². The first-order valence-corrected chi connectivity index (χ1v) is 7.53. The van der Waals surface area contributed by atoms with Crippen molar-refractivity contribution in [1.82, 2.24) is 20.2 Å². The molecular weight excluding hydrogens is 300 g/mol. The number of anilines is 1. The SMILES string of the molecule is COc1ccnc(N2CCN(C(=O)C3(NC(N)=O)CC3)CC2)n1. The zero-order chi connectivity index (χ0) is 16.4. The number of ether oxygens (including phenoxy) is 1. The van der Waals surface area contributed by atoms with E-state index in [4.69, 9.17) is 10.5 Å². The van der Waals surface area contributed by atoms with Gasteiger partial charge in [-0.25, -0.2) is 9.78 Å². The van der Waals surface area contributed by atoms with Gasteiger partial charge in [-0.15, -0.1) is 0 Å². The maximum absolute atomic E-state index is 12.5. The molecule has 0 aromatic carbocycles. The summed E-state index contributed by atoms with van der Waals surface area (Å²) in [6.45, 7) is 2.38. The Hall–Kier alpha value is -2.58. The summed E-state index contributed by atoms with van der Waals surface area (Å²) >= 11 is 0. The molecule has 0 atom stereocenters. The Morgan fingerprint density at radius 2 is 2.00 bits per heavy atom. The number of urea groups is 1. The van der Waals surface area contributed by atoms with Crippen molar-refractivity contribution < 1.29 is 14.3 Å². The normalized spacial score (nSPS) is 19.2. The summed E-state index contributed by atoms with van der Waals surface area (Å²) in [5, 5.41) is 2.58. The first-order chi connectivity index (χ1) is 11.0. The highest BCUT2D eigenvalue weighted by molar-refractivity contribution is 5.93. The van der Waals surface area contributed by atoms with Crippen molar-refractivity contribution in [3.63, 3.8) is 0 Å². The molecule has 2 fully saturated rings. The molecule has 1 saturated heterocycles. The Kier molecular flexibility index (Phi) is 3.93. The molecule has 9 heteroatoms. The van der Waals surface area contributed by atoms with Crippen LogP contribution in [0.5, 0.6) is 5.88 Å². The van der Waals surface area contributed by atoms with E-state index in [1.54, 1.807) is 24.3 Å². The minimum absolute atomic E-state index is 0.0532. The van der Waals surface area contributed by atoms with Gasteiger partial charge in [-0.05, 0) is 12.8 Å². The van der Waals surface area contributed by atoms with Crippen molar-refractivity contribution in [3.05, 3.63) is 12.3 Å². The van der Waals surface area contributed by atoms with Crippen molar-refractivity contribution >= 4 is 17.9 Å². The number of carbonyl (C=O) groups excluding carboxylic acids is 2. The van der Waals surface area contributed by atoms with E-state index >= 15 is 0 Å². The third kappa shape index (κ3) is 3.13. The maximum Gasteiger partial charge on any atom is 0.313 e. The predicted octanol–water partition coefficient (Wildman–Crippen LogP) is -0.665. The lowest BCUT2D eigenvalue weighted by atomic mass is 10.2. The van der Waals surface area contributed by atoms with Crippen LogP contribution in [0, 0.1) is 0 Å². The van der Waals surface area contributed by atoms with Crippen LogP contribution in [0.3, 0.4) is 0 Å². The van der Waals surface area contributed by atoms with Gasteiger partial charge in [0.1, 0.15) is 5.54 Å². The predicted molar refractivity (Wildman–Crippen MR) is 82.1 cm³/mol. The molecule has 9 nitrogen and oxygen atoms in total. The van der Waals surface area contributed by atoms with Gasteiger partial charge in [0.2, 0.25) is 17.7 Å². The number of amides is 3. The van der Waals surface area contributed by atoms with Gasteiger partial charge in [0, 0.05) is 38.4 Å². The molecule has 1 aliphatic heterocycles. The fraction of sp³-hybridized carbons (Fsp3) is 0.571. The smallest absolute Gasteiger partial charge is 0.313 e. The number of hydrogen-bond acceptors (Lipinski definition) is 6. The van der Waals surface area contributed by atoms with Gasteiger partial charge < -0.3 is 25.6 Å². The molecule has 0 unspecified atom stereocenters. The second kappa shape index (κ2) is 5.90. The van der Waals surface area contributed by atoms with Crippen LogP contribution in [0.4, 0.5) is 10.7 Å². The molecule has 3 N–H and O–H groups in total. The summed E-state index contributed by atoms with van der Waals surface area (Å²) in [4.78, 5) is 35.9. The van der Waals surface area contributed by atoms with Crippen LogP contribution in [0.1, 0.15) is 12.8 Å². The number of rotatable bonds is 4. The molecule has 3 rings (SSSR count). The van der Waals surface area contributed by atoms with Crippen molar-refractivity contribution in [1.29, 1.82) is 0 Å². The molecule has 0 radical (unpaired) electrons. The van der Waals surface area contributed by atoms with E-state index in [1.165, 1.54) is 0 Å². The van der Waals surface area contributed by atoms with E-state index in [9.17, 15) is 9.59 Å². The highest BCUT2D eigenvalue weighted by Crippen LogP contribution is 2.37. The van der Waals surface area contributed by atoms with Gasteiger partial charge in [0.15, 0.2) is 0 Å². The summed E-state index contributed by atoms with van der Waals surface area (Å²) in [6, 6.07) is 1.04. The van der Waals surface area contributed by atoms with Crippen molar-refractivity contribution in [2.45, 2.75) is 18.4 Å². The highest BCUT2D eigenvalue weighted by Gasteiger charge is 2.53. The molecule has 23 heavy (non-hydrogen) atoms. The Morgan fingerprint density at radius 1 is 1.30 bits per heavy atom. The van der Waals surface area contributed by atoms with Gasteiger partial charge in [-0.3, -0.25) is 4.79 Å². The van der Waals surface area contributed by atoms with Crippen molar-refractivity contribution in [3.8, 4) is 5.88 Å². The fourth-order valence-electron chi connectivity index (χ4n) is 2.76. The molecule has 0 bridgehead atoms. The third-order valence-corrected chi connectivity index (χ3v) is 4.20. The van der Waals surface area contributed by atoms with Gasteiger partial charge in [0.25, 0.3) is 0 Å². The molecule has 1 aliphatic carbocycles. The molecule has 1 aromatic rings. The number of nitrogens with one attached hydrogen (secondary N) is 1. The zero-order valence-electron chi connectivity index (χ0n) is 13.0. The lowest BCUT2D eigenvalue weighted by molar-refractivity contribution is -0.134. The van der Waals surface area contributed by atoms with Crippen LogP contribution in [0.2, 0.25) is 0 Å². The van der Waals surface area contributed by atoms with Crippen LogP contribution in [0.15, 0.2) is 12.3 Å². The van der Waals surface area contributed by atoms with E-state index in [2.05, 4.69) is 15.3 Å². The minimum atomic E-state index is -0.777. The van der Waals surface area contributed by atoms with Crippen molar-refractivity contribution in [2.24, 2.45) is 5.73 Å². The van der Waals surface area contributed by atoms with E-state index < -0.39 is 11.6 Å². The number of aromatic nitrogens is 2. The highest BCUT2D eigenvalue weighted by atomic mass is 16.5. The van der Waals surface area contributed by atoms with Gasteiger partial charge >= 0.3 is 6.03 Å². The molecule has 1 aromatic heterocycles. The van der Waals surface area contributed by atoms with E-state index in [0.29, 0.717) is 50.8 Å². The van der Waals surface area contributed by atoms with E-state index in [1.807, 2.05) is 4.90 Å². The summed E-state index contributed by atoms with van der Waals surface area (Å²) in [6.07, 6.45) is 2.94. The first kappa shape index (κ1) is 15.3. The number of methoxy groups -OCH3 is 1. The Labute approximate surface area is 133 Å². The van der Waals surface area contributed by atoms with E-state index in [-0.39, 0.29) is 5.91 Å². The summed E-state index contributed by atoms with van der Waals surface area (Å²) in [5.41, 5.74) is 4.38. The number of hydrogen-bond donors (Lipinski definition) is 2. The van der Waals surface area contributed by atoms with Crippen molar-refractivity contribution in [2.75, 3.05) is 38.2 Å².